The molecule has 0 heterocycles. The predicted octanol–water partition coefficient (Wildman–Crippen LogP) is 15.3. The van der Waals surface area contributed by atoms with Crippen LogP contribution >= 0.6 is 0 Å². The molecule has 47 heavy (non-hydrogen) atoms. The lowest BCUT2D eigenvalue weighted by Crippen LogP contribution is -2.49. The first kappa shape index (κ1) is 43.4. The molecule has 1 nitrogen and oxygen atoms in total. The summed E-state index contributed by atoms with van der Waals surface area (Å²) in [7, 11) is 0. The molecule has 270 valence electrons. The van der Waals surface area contributed by atoms with Gasteiger partial charge in [0.1, 0.15) is 6.54 Å². The van der Waals surface area contributed by atoms with Gasteiger partial charge in [0.25, 0.3) is 0 Å². The van der Waals surface area contributed by atoms with Crippen molar-refractivity contribution in [2.75, 3.05) is 19.6 Å². The quantitative estimate of drug-likeness (QED) is 0.0380. The molecule has 0 spiro atoms. The van der Waals surface area contributed by atoms with Crippen molar-refractivity contribution in [2.45, 2.75) is 199 Å². The molecule has 1 rings (SSSR count). The largest absolute Gasteiger partial charge is 0.320 e. The predicted molar refractivity (Wildman–Crippen MR) is 214 cm³/mol. The Hall–Kier alpha value is -1.60. The van der Waals surface area contributed by atoms with Crippen LogP contribution in [-0.4, -0.2) is 24.1 Å². The first-order valence-corrected chi connectivity index (χ1v) is 21.0. The van der Waals surface area contributed by atoms with Crippen LogP contribution in [0.4, 0.5) is 0 Å². The lowest BCUT2D eigenvalue weighted by Gasteiger charge is -2.39. The zero-order valence-corrected chi connectivity index (χ0v) is 31.7. The zero-order chi connectivity index (χ0) is 33.8. The Morgan fingerprint density at radius 3 is 0.872 bits per heavy atom. The summed E-state index contributed by atoms with van der Waals surface area (Å²) in [6.07, 6.45) is 47.8. The van der Waals surface area contributed by atoms with E-state index in [1.165, 1.54) is 223 Å². The van der Waals surface area contributed by atoms with Crippen molar-refractivity contribution in [1.82, 2.24) is 0 Å². The Labute approximate surface area is 296 Å². The molecule has 0 bridgehead atoms. The van der Waals surface area contributed by atoms with E-state index in [-0.39, 0.29) is 0 Å². The van der Waals surface area contributed by atoms with Gasteiger partial charge in [-0.15, -0.1) is 19.7 Å². The second-order valence-corrected chi connectivity index (χ2v) is 14.9. The summed E-state index contributed by atoms with van der Waals surface area (Å²) in [5.74, 6) is 0. The number of allylic oxidation sites excluding steroid dienone is 3. The number of hydrogen-bond acceptors (Lipinski definition) is 0. The maximum Gasteiger partial charge on any atom is 0.104 e. The number of unbranched alkanes of at least 4 members (excludes halogenated alkanes) is 27. The fraction of sp³-hybridized carbons (Fsp3) is 0.739. The summed E-state index contributed by atoms with van der Waals surface area (Å²) in [5, 5.41) is 0. The van der Waals surface area contributed by atoms with E-state index in [1.54, 1.807) is 5.56 Å². The molecule has 1 aromatic carbocycles. The van der Waals surface area contributed by atoms with Gasteiger partial charge in [-0.2, -0.15) is 0 Å². The Balaban J connectivity index is 2.56. The minimum atomic E-state index is 1.19. The molecule has 0 saturated carbocycles. The topological polar surface area (TPSA) is 0 Å². The van der Waals surface area contributed by atoms with Gasteiger partial charge in [-0.25, -0.2) is 0 Å². The fourth-order valence-electron chi connectivity index (χ4n) is 7.46. The average Bonchev–Trinajstić information content (AvgIpc) is 3.09. The van der Waals surface area contributed by atoms with E-state index in [4.69, 9.17) is 0 Å². The molecule has 0 saturated heterocycles. The molecule has 0 unspecified atom stereocenters. The van der Waals surface area contributed by atoms with Gasteiger partial charge in [-0.05, 0) is 77.0 Å². The SMILES string of the molecule is C=CCCCCCCCCCCC[N+](CCCCCCCCCCCC=C)(CCCCCCCCCCCC=C)Cc1ccccc1. The van der Waals surface area contributed by atoms with Crippen molar-refractivity contribution < 1.29 is 4.48 Å². The lowest BCUT2D eigenvalue weighted by molar-refractivity contribution is -0.941. The number of benzene rings is 1. The first-order chi connectivity index (χ1) is 23.3. The molecule has 0 aromatic heterocycles. The third-order valence-corrected chi connectivity index (χ3v) is 10.5. The van der Waals surface area contributed by atoms with Crippen LogP contribution in [0.5, 0.6) is 0 Å². The fourth-order valence-corrected chi connectivity index (χ4v) is 7.46. The molecule has 1 heteroatoms. The van der Waals surface area contributed by atoms with Crippen LogP contribution in [0, 0.1) is 0 Å². The highest BCUT2D eigenvalue weighted by atomic mass is 15.3. The molecule has 0 aliphatic rings. The summed E-state index contributed by atoms with van der Waals surface area (Å²) in [4.78, 5) is 0. The molecule has 0 aliphatic carbocycles. The van der Waals surface area contributed by atoms with E-state index in [0.717, 1.165) is 0 Å². The van der Waals surface area contributed by atoms with Crippen molar-refractivity contribution >= 4 is 0 Å². The average molecular weight is 649 g/mol. The minimum Gasteiger partial charge on any atom is -0.320 e. The highest BCUT2D eigenvalue weighted by Gasteiger charge is 2.26. The van der Waals surface area contributed by atoms with Gasteiger partial charge >= 0.3 is 0 Å². The van der Waals surface area contributed by atoms with Crippen LogP contribution in [-0.2, 0) is 6.54 Å². The summed E-state index contributed by atoms with van der Waals surface area (Å²) in [6, 6.07) is 11.5. The monoisotopic (exact) mass is 649 g/mol. The third kappa shape index (κ3) is 28.0. The van der Waals surface area contributed by atoms with Gasteiger partial charge in [-0.1, -0.05) is 164 Å². The van der Waals surface area contributed by atoms with E-state index < -0.39 is 0 Å². The van der Waals surface area contributed by atoms with Gasteiger partial charge in [0.05, 0.1) is 19.6 Å². The minimum absolute atomic E-state index is 1.19. The Kier molecular flexibility index (Phi) is 31.7. The lowest BCUT2D eigenvalue weighted by atomic mass is 10.0. The van der Waals surface area contributed by atoms with Gasteiger partial charge in [0.2, 0.25) is 0 Å². The highest BCUT2D eigenvalue weighted by molar-refractivity contribution is 5.13. The van der Waals surface area contributed by atoms with Crippen molar-refractivity contribution in [3.05, 3.63) is 73.9 Å². The van der Waals surface area contributed by atoms with E-state index in [9.17, 15) is 0 Å². The maximum absolute atomic E-state index is 3.86. The number of hydrogen-bond donors (Lipinski definition) is 0. The standard InChI is InChI=1S/C46H82N/c1-4-7-10-13-16-19-22-25-28-31-37-42-47(45-46-40-35-34-36-41-46,43-38-32-29-26-23-20-17-14-11-8-5-2)44-39-33-30-27-24-21-18-15-12-9-6-3/h4-6,34-36,40-41H,1-3,7-33,37-39,42-45H2/q+1. The summed E-state index contributed by atoms with van der Waals surface area (Å²) < 4.78 is 1.33. The molecule has 0 fully saturated rings. The van der Waals surface area contributed by atoms with E-state index in [1.807, 2.05) is 0 Å². The Bertz CT molecular complexity index is 720. The van der Waals surface area contributed by atoms with Gasteiger partial charge in [0, 0.05) is 5.56 Å². The normalized spacial score (nSPS) is 11.6. The van der Waals surface area contributed by atoms with Crippen molar-refractivity contribution in [1.29, 1.82) is 0 Å². The van der Waals surface area contributed by atoms with Crippen LogP contribution in [0.3, 0.4) is 0 Å². The zero-order valence-electron chi connectivity index (χ0n) is 31.7. The second kappa shape index (κ2) is 34.3. The highest BCUT2D eigenvalue weighted by Crippen LogP contribution is 2.23. The van der Waals surface area contributed by atoms with Crippen LogP contribution in [0.25, 0.3) is 0 Å². The van der Waals surface area contributed by atoms with E-state index in [2.05, 4.69) is 68.3 Å². The van der Waals surface area contributed by atoms with Crippen molar-refractivity contribution in [3.63, 3.8) is 0 Å². The van der Waals surface area contributed by atoms with Gasteiger partial charge in [-0.3, -0.25) is 0 Å². The summed E-state index contributed by atoms with van der Waals surface area (Å²) in [6.45, 7) is 17.0. The number of nitrogens with zero attached hydrogens (tertiary/aromatic N) is 1. The van der Waals surface area contributed by atoms with E-state index >= 15 is 0 Å². The van der Waals surface area contributed by atoms with Crippen LogP contribution in [0.15, 0.2) is 68.3 Å². The molecule has 0 atom stereocenters. The summed E-state index contributed by atoms with van der Waals surface area (Å²) >= 11 is 0. The smallest absolute Gasteiger partial charge is 0.104 e. The summed E-state index contributed by atoms with van der Waals surface area (Å²) in [5.41, 5.74) is 1.55. The number of quaternary nitrogens is 1. The molecular formula is C46H82N+. The first-order valence-electron chi connectivity index (χ1n) is 21.0. The third-order valence-electron chi connectivity index (χ3n) is 10.5. The van der Waals surface area contributed by atoms with Crippen molar-refractivity contribution in [3.8, 4) is 0 Å². The molecular weight excluding hydrogens is 567 g/mol. The van der Waals surface area contributed by atoms with Crippen molar-refractivity contribution in [2.24, 2.45) is 0 Å². The molecule has 0 aliphatic heterocycles. The van der Waals surface area contributed by atoms with Crippen LogP contribution in [0.1, 0.15) is 198 Å². The van der Waals surface area contributed by atoms with Crippen LogP contribution in [0.2, 0.25) is 0 Å². The number of rotatable bonds is 38. The Morgan fingerprint density at radius 2 is 0.596 bits per heavy atom. The van der Waals surface area contributed by atoms with Crippen LogP contribution < -0.4 is 0 Å². The second-order valence-electron chi connectivity index (χ2n) is 14.9. The van der Waals surface area contributed by atoms with E-state index in [0.29, 0.717) is 0 Å². The van der Waals surface area contributed by atoms with Gasteiger partial charge < -0.3 is 4.48 Å². The molecule has 0 amide bonds. The molecule has 1 aromatic rings. The maximum atomic E-state index is 3.86. The Morgan fingerprint density at radius 1 is 0.340 bits per heavy atom. The van der Waals surface area contributed by atoms with Gasteiger partial charge in [0.15, 0.2) is 0 Å². The molecule has 0 N–H and O–H groups in total. The molecule has 0 radical (unpaired) electrons.